The Bertz CT molecular complexity index is 275. The lowest BCUT2D eigenvalue weighted by atomic mass is 10.2. The first-order valence-electron chi connectivity index (χ1n) is 2.88. The number of aliphatic imine (C=N–C) groups is 2. The van der Waals surface area contributed by atoms with Crippen molar-refractivity contribution in [3.8, 4) is 0 Å². The summed E-state index contributed by atoms with van der Waals surface area (Å²) >= 11 is 0. The molecule has 10 heavy (non-hydrogen) atoms. The molecular weight excluding hydrogens is 130 g/mol. The van der Waals surface area contributed by atoms with E-state index in [0.29, 0.717) is 11.4 Å². The van der Waals surface area contributed by atoms with Crippen LogP contribution in [0.15, 0.2) is 21.4 Å². The first kappa shape index (κ1) is 5.34. The van der Waals surface area contributed by atoms with E-state index in [4.69, 9.17) is 0 Å². The predicted octanol–water partition coefficient (Wildman–Crippen LogP) is -0.502. The third kappa shape index (κ3) is 0.586. The van der Waals surface area contributed by atoms with E-state index in [-0.39, 0.29) is 12.3 Å². The van der Waals surface area contributed by atoms with Crippen molar-refractivity contribution in [2.24, 2.45) is 9.98 Å². The normalized spacial score (nSPS) is 21.4. The highest BCUT2D eigenvalue weighted by molar-refractivity contribution is 6.08. The van der Waals surface area contributed by atoms with Crippen LogP contribution in [0.2, 0.25) is 0 Å². The maximum Gasteiger partial charge on any atom is 0.204 e. The van der Waals surface area contributed by atoms with Crippen molar-refractivity contribution >= 4 is 18.3 Å². The standard InChI is InChI=1S/C6H4N3O/c10-5-2-7-1-4-6(5)9-3-8-4/h1,3H,2H2. The molecule has 0 amide bonds. The van der Waals surface area contributed by atoms with Crippen molar-refractivity contribution in [1.29, 1.82) is 0 Å². The van der Waals surface area contributed by atoms with E-state index in [9.17, 15) is 4.79 Å². The van der Waals surface area contributed by atoms with Gasteiger partial charge in [0.1, 0.15) is 24.3 Å². The van der Waals surface area contributed by atoms with Crippen LogP contribution in [0.5, 0.6) is 0 Å². The van der Waals surface area contributed by atoms with Crippen molar-refractivity contribution in [2.75, 3.05) is 6.54 Å². The summed E-state index contributed by atoms with van der Waals surface area (Å²) in [6.07, 6.45) is 2.95. The summed E-state index contributed by atoms with van der Waals surface area (Å²) in [6.45, 7) is 0.214. The summed E-state index contributed by atoms with van der Waals surface area (Å²) in [7, 11) is 0. The zero-order valence-electron chi connectivity index (χ0n) is 5.11. The molecule has 4 heteroatoms. The summed E-state index contributed by atoms with van der Waals surface area (Å²) in [5, 5.41) is 3.79. The molecule has 0 N–H and O–H groups in total. The monoisotopic (exact) mass is 134 g/mol. The summed E-state index contributed by atoms with van der Waals surface area (Å²) in [6, 6.07) is 0. The van der Waals surface area contributed by atoms with E-state index in [0.717, 1.165) is 0 Å². The van der Waals surface area contributed by atoms with Crippen LogP contribution in [0, 0.1) is 0 Å². The molecule has 0 aromatic heterocycles. The minimum atomic E-state index is -0.0463. The molecule has 2 rings (SSSR count). The summed E-state index contributed by atoms with van der Waals surface area (Å²) in [4.78, 5) is 18.6. The number of carbonyl (C=O) groups is 1. The van der Waals surface area contributed by atoms with Gasteiger partial charge in [-0.1, -0.05) is 0 Å². The molecule has 0 atom stereocenters. The average molecular weight is 134 g/mol. The molecule has 49 valence electrons. The van der Waals surface area contributed by atoms with Gasteiger partial charge in [-0.15, -0.1) is 0 Å². The molecule has 0 saturated heterocycles. The topological polar surface area (TPSA) is 55.9 Å². The highest BCUT2D eigenvalue weighted by Gasteiger charge is 2.20. The van der Waals surface area contributed by atoms with E-state index in [2.05, 4.69) is 15.3 Å². The van der Waals surface area contributed by atoms with Gasteiger partial charge in [0.2, 0.25) is 5.78 Å². The molecule has 0 aliphatic carbocycles. The zero-order chi connectivity index (χ0) is 6.97. The Kier molecular flexibility index (Phi) is 0.943. The van der Waals surface area contributed by atoms with Crippen LogP contribution in [0.3, 0.4) is 0 Å². The number of ketones is 1. The smallest absolute Gasteiger partial charge is 0.204 e. The predicted molar refractivity (Wildman–Crippen MR) is 36.0 cm³/mol. The molecule has 4 nitrogen and oxygen atoms in total. The van der Waals surface area contributed by atoms with Crippen LogP contribution in [-0.2, 0) is 4.79 Å². The van der Waals surface area contributed by atoms with Crippen molar-refractivity contribution in [1.82, 2.24) is 5.32 Å². The number of allylic oxidation sites excluding steroid dienone is 1. The Hall–Kier alpha value is -1.45. The van der Waals surface area contributed by atoms with Gasteiger partial charge in [0.05, 0.1) is 0 Å². The molecule has 1 radical (unpaired) electrons. The third-order valence-corrected chi connectivity index (χ3v) is 1.34. The fraction of sp³-hybridized carbons (Fsp3) is 0.167. The number of dihydropyridines is 1. The Morgan fingerprint density at radius 2 is 2.40 bits per heavy atom. The Labute approximate surface area is 57.4 Å². The largest absolute Gasteiger partial charge is 0.290 e. The molecule has 2 aliphatic rings. The number of hydrogen-bond donors (Lipinski definition) is 0. The lowest BCUT2D eigenvalue weighted by molar-refractivity contribution is -0.114. The van der Waals surface area contributed by atoms with Crippen LogP contribution in [0.1, 0.15) is 0 Å². The molecule has 0 saturated carbocycles. The van der Waals surface area contributed by atoms with Gasteiger partial charge in [-0.25, -0.2) is 10.3 Å². The van der Waals surface area contributed by atoms with Gasteiger partial charge in [-0.3, -0.25) is 9.79 Å². The van der Waals surface area contributed by atoms with E-state index in [1.54, 1.807) is 6.21 Å². The van der Waals surface area contributed by atoms with Crippen molar-refractivity contribution < 1.29 is 4.79 Å². The Balaban J connectivity index is 2.45. The van der Waals surface area contributed by atoms with Crippen LogP contribution in [0.4, 0.5) is 0 Å². The van der Waals surface area contributed by atoms with E-state index in [1.165, 1.54) is 6.34 Å². The number of rotatable bonds is 0. The number of hydrogen-bond acceptors (Lipinski definition) is 3. The van der Waals surface area contributed by atoms with Gasteiger partial charge in [-0.2, -0.15) is 0 Å². The van der Waals surface area contributed by atoms with E-state index < -0.39 is 0 Å². The summed E-state index contributed by atoms with van der Waals surface area (Å²) < 4.78 is 0. The van der Waals surface area contributed by atoms with Crippen LogP contribution < -0.4 is 5.32 Å². The quantitative estimate of drug-likeness (QED) is 0.440. The molecule has 0 unspecified atom stereocenters. The fourth-order valence-electron chi connectivity index (χ4n) is 0.875. The zero-order valence-corrected chi connectivity index (χ0v) is 5.11. The molecule has 0 spiro atoms. The van der Waals surface area contributed by atoms with Gasteiger partial charge in [0.25, 0.3) is 0 Å². The first-order valence-corrected chi connectivity index (χ1v) is 2.88. The molecule has 0 aromatic rings. The highest BCUT2D eigenvalue weighted by Crippen LogP contribution is 2.11. The van der Waals surface area contributed by atoms with Crippen molar-refractivity contribution in [2.45, 2.75) is 0 Å². The van der Waals surface area contributed by atoms with E-state index in [1.807, 2.05) is 0 Å². The molecule has 0 fully saturated rings. The lowest BCUT2D eigenvalue weighted by Gasteiger charge is -2.01. The molecule has 0 bridgehead atoms. The lowest BCUT2D eigenvalue weighted by Crippen LogP contribution is -2.17. The first-order chi connectivity index (χ1) is 4.88. The van der Waals surface area contributed by atoms with Gasteiger partial charge in [0, 0.05) is 6.21 Å². The van der Waals surface area contributed by atoms with Gasteiger partial charge in [0.15, 0.2) is 0 Å². The van der Waals surface area contributed by atoms with Crippen molar-refractivity contribution in [3.05, 3.63) is 11.4 Å². The van der Waals surface area contributed by atoms with Gasteiger partial charge < -0.3 is 0 Å². The van der Waals surface area contributed by atoms with Crippen molar-refractivity contribution in [3.63, 3.8) is 0 Å². The summed E-state index contributed by atoms with van der Waals surface area (Å²) in [5.74, 6) is -0.0463. The molecule has 2 aliphatic heterocycles. The molecule has 2 heterocycles. The molecule has 0 aromatic carbocycles. The molecular formula is C6H4N3O. The highest BCUT2D eigenvalue weighted by atomic mass is 16.1. The SMILES string of the molecule is O=C1CN=CC2=C1[N]C=N2. The average Bonchev–Trinajstić information content (AvgIpc) is 2.36. The van der Waals surface area contributed by atoms with Crippen LogP contribution >= 0.6 is 0 Å². The number of carbonyl (C=O) groups excluding carboxylic acids is 1. The van der Waals surface area contributed by atoms with Crippen LogP contribution in [0.25, 0.3) is 0 Å². The third-order valence-electron chi connectivity index (χ3n) is 1.34. The van der Waals surface area contributed by atoms with Crippen LogP contribution in [-0.4, -0.2) is 24.9 Å². The maximum absolute atomic E-state index is 10.9. The maximum atomic E-state index is 10.9. The number of Topliss-reactive ketones (excluding diaryl/α,β-unsaturated/α-hetero) is 1. The second-order valence-corrected chi connectivity index (χ2v) is 2.00. The van der Waals surface area contributed by atoms with E-state index >= 15 is 0 Å². The minimum absolute atomic E-state index is 0.0463. The summed E-state index contributed by atoms with van der Waals surface area (Å²) in [5.41, 5.74) is 1.05. The second-order valence-electron chi connectivity index (χ2n) is 2.00. The second kappa shape index (κ2) is 1.76. The van der Waals surface area contributed by atoms with Gasteiger partial charge in [-0.05, 0) is 0 Å². The Morgan fingerprint density at radius 3 is 3.20 bits per heavy atom. The van der Waals surface area contributed by atoms with Gasteiger partial charge >= 0.3 is 0 Å². The number of nitrogens with zero attached hydrogens (tertiary/aromatic N) is 3. The Morgan fingerprint density at radius 1 is 1.50 bits per heavy atom. The minimum Gasteiger partial charge on any atom is -0.290 e. The fourth-order valence-corrected chi connectivity index (χ4v) is 0.875.